The summed E-state index contributed by atoms with van der Waals surface area (Å²) in [6.07, 6.45) is -0.614. The van der Waals surface area contributed by atoms with Crippen LogP contribution in [0.15, 0.2) is 109 Å². The van der Waals surface area contributed by atoms with Gasteiger partial charge in [0.25, 0.3) is 0 Å². The predicted octanol–water partition coefficient (Wildman–Crippen LogP) is 7.71. The number of benzene rings is 3. The van der Waals surface area contributed by atoms with Crippen LogP contribution in [0.25, 0.3) is 0 Å². The lowest BCUT2D eigenvalue weighted by atomic mass is 9.91. The minimum Gasteiger partial charge on any atom is -0.426 e. The quantitative estimate of drug-likeness (QED) is 0.165. The van der Waals surface area contributed by atoms with Gasteiger partial charge in [0.05, 0.1) is 23.7 Å². The van der Waals surface area contributed by atoms with Gasteiger partial charge >= 0.3 is 6.09 Å². The maximum atomic E-state index is 14.4. The summed E-state index contributed by atoms with van der Waals surface area (Å²) in [5.74, 6) is -0.504. The van der Waals surface area contributed by atoms with Gasteiger partial charge in [-0.25, -0.2) is 13.2 Å². The van der Waals surface area contributed by atoms with E-state index in [4.69, 9.17) is 18.9 Å². The molecule has 0 saturated carbocycles. The highest BCUT2D eigenvalue weighted by molar-refractivity contribution is 7.92. The van der Waals surface area contributed by atoms with Crippen molar-refractivity contribution in [1.29, 1.82) is 0 Å². The predicted molar refractivity (Wildman–Crippen MR) is 179 cm³/mol. The maximum absolute atomic E-state index is 14.4. The molecule has 1 amide bonds. The van der Waals surface area contributed by atoms with E-state index in [-0.39, 0.29) is 23.1 Å². The zero-order valence-electron chi connectivity index (χ0n) is 27.4. The third-order valence-corrected chi connectivity index (χ3v) is 10.1. The Hall–Kier alpha value is -3.50. The molecule has 1 heterocycles. The molecule has 1 aliphatic heterocycles. The summed E-state index contributed by atoms with van der Waals surface area (Å²) >= 11 is 0. The monoisotopic (exact) mass is 649 g/mol. The van der Waals surface area contributed by atoms with E-state index in [2.05, 4.69) is 6.58 Å². The fourth-order valence-corrected chi connectivity index (χ4v) is 7.52. The second kappa shape index (κ2) is 16.4. The number of nitrogens with zero attached hydrogens (tertiary/aromatic N) is 1. The highest BCUT2D eigenvalue weighted by atomic mass is 32.2. The highest BCUT2D eigenvalue weighted by Gasteiger charge is 2.49. The fraction of sp³-hybridized carbons (Fsp3) is 0.432. The van der Waals surface area contributed by atoms with Gasteiger partial charge in [0, 0.05) is 30.0 Å². The van der Waals surface area contributed by atoms with Gasteiger partial charge in [0.2, 0.25) is 15.3 Å². The summed E-state index contributed by atoms with van der Waals surface area (Å²) < 4.78 is 54.1. The summed E-state index contributed by atoms with van der Waals surface area (Å²) in [4.78, 5) is 15.3. The van der Waals surface area contributed by atoms with Gasteiger partial charge in [-0.3, -0.25) is 0 Å². The van der Waals surface area contributed by atoms with Crippen molar-refractivity contribution in [3.63, 3.8) is 0 Å². The molecule has 6 atom stereocenters. The van der Waals surface area contributed by atoms with Crippen LogP contribution in [0.5, 0.6) is 0 Å². The summed E-state index contributed by atoms with van der Waals surface area (Å²) in [5, 5.41) is 0. The zero-order valence-corrected chi connectivity index (χ0v) is 28.2. The summed E-state index contributed by atoms with van der Waals surface area (Å²) in [6, 6.07) is 26.9. The van der Waals surface area contributed by atoms with Crippen molar-refractivity contribution >= 4 is 15.9 Å². The molecule has 1 fully saturated rings. The average molecular weight is 650 g/mol. The van der Waals surface area contributed by atoms with Crippen molar-refractivity contribution in [3.8, 4) is 0 Å². The van der Waals surface area contributed by atoms with Gasteiger partial charge < -0.3 is 23.8 Å². The number of sulfone groups is 1. The van der Waals surface area contributed by atoms with Crippen molar-refractivity contribution in [1.82, 2.24) is 4.90 Å². The van der Waals surface area contributed by atoms with Gasteiger partial charge in [-0.05, 0) is 51.8 Å². The molecule has 9 heteroatoms. The molecule has 3 aromatic carbocycles. The minimum absolute atomic E-state index is 0.0410. The summed E-state index contributed by atoms with van der Waals surface area (Å²) in [7, 11) is -4.23. The molecule has 0 radical (unpaired) electrons. The van der Waals surface area contributed by atoms with Gasteiger partial charge in [-0.15, -0.1) is 6.58 Å². The molecular formula is C37H47NO7S. The van der Waals surface area contributed by atoms with E-state index < -0.39 is 45.8 Å². The van der Waals surface area contributed by atoms with Crippen LogP contribution in [-0.4, -0.2) is 55.2 Å². The number of carbonyl (C=O) groups is 1. The second-order valence-corrected chi connectivity index (χ2v) is 14.3. The topological polar surface area (TPSA) is 91.4 Å². The Morgan fingerprint density at radius 2 is 1.46 bits per heavy atom. The lowest BCUT2D eigenvalue weighted by molar-refractivity contribution is -0.285. The molecule has 4 rings (SSSR count). The Morgan fingerprint density at radius 3 is 2.02 bits per heavy atom. The van der Waals surface area contributed by atoms with Gasteiger partial charge in [0.15, 0.2) is 6.29 Å². The number of hydrogen-bond acceptors (Lipinski definition) is 7. The van der Waals surface area contributed by atoms with Crippen LogP contribution in [0.1, 0.15) is 64.9 Å². The Bertz CT molecular complexity index is 1470. The number of ether oxygens (including phenoxy) is 4. The Morgan fingerprint density at radius 1 is 0.891 bits per heavy atom. The van der Waals surface area contributed by atoms with Crippen molar-refractivity contribution < 1.29 is 32.2 Å². The fourth-order valence-electron chi connectivity index (χ4n) is 5.84. The first-order valence-corrected chi connectivity index (χ1v) is 17.5. The zero-order chi connectivity index (χ0) is 33.3. The van der Waals surface area contributed by atoms with E-state index in [1.165, 1.54) is 17.0 Å². The molecule has 3 aromatic rings. The van der Waals surface area contributed by atoms with E-state index in [0.29, 0.717) is 19.4 Å². The highest BCUT2D eigenvalue weighted by Crippen LogP contribution is 2.40. The summed E-state index contributed by atoms with van der Waals surface area (Å²) in [5.41, 5.74) is 0.125. The SMILES string of the molecule is C=CC[C@H](C[C@@H]1O[C@H](c2ccccc2)O[C@H](C(OC(=O)N(C(C)C)C(C)C)S(=O)(=O)c2ccccc2)[C@H]1C)OCc1ccccc1. The number of carbonyl (C=O) groups excluding carboxylic acids is 1. The second-order valence-electron chi connectivity index (χ2n) is 12.3. The molecule has 0 aliphatic carbocycles. The van der Waals surface area contributed by atoms with Crippen LogP contribution in [0.2, 0.25) is 0 Å². The normalized spacial score (nSPS) is 21.5. The lowest BCUT2D eigenvalue weighted by Crippen LogP contribution is -2.54. The van der Waals surface area contributed by atoms with Gasteiger partial charge in [-0.2, -0.15) is 0 Å². The molecule has 1 unspecified atom stereocenters. The van der Waals surface area contributed by atoms with Crippen LogP contribution < -0.4 is 0 Å². The van der Waals surface area contributed by atoms with Crippen molar-refractivity contribution in [3.05, 3.63) is 115 Å². The lowest BCUT2D eigenvalue weighted by Gasteiger charge is -2.44. The summed E-state index contributed by atoms with van der Waals surface area (Å²) in [6.45, 7) is 13.7. The van der Waals surface area contributed by atoms with Crippen LogP contribution in [0.3, 0.4) is 0 Å². The Balaban J connectivity index is 1.72. The molecular weight excluding hydrogens is 602 g/mol. The van der Waals surface area contributed by atoms with E-state index in [1.807, 2.05) is 101 Å². The first-order valence-electron chi connectivity index (χ1n) is 15.9. The van der Waals surface area contributed by atoms with E-state index >= 15 is 0 Å². The largest absolute Gasteiger partial charge is 0.426 e. The third-order valence-electron chi connectivity index (χ3n) is 8.20. The van der Waals surface area contributed by atoms with Crippen LogP contribution in [-0.2, 0) is 35.4 Å². The van der Waals surface area contributed by atoms with Gasteiger partial charge in [-0.1, -0.05) is 91.9 Å². The third kappa shape index (κ3) is 8.85. The van der Waals surface area contributed by atoms with Crippen molar-refractivity contribution in [2.24, 2.45) is 5.92 Å². The molecule has 0 bridgehead atoms. The van der Waals surface area contributed by atoms with Gasteiger partial charge in [0.1, 0.15) is 6.10 Å². The Kier molecular flexibility index (Phi) is 12.6. The first-order chi connectivity index (χ1) is 22.0. The molecule has 0 N–H and O–H groups in total. The van der Waals surface area contributed by atoms with Crippen molar-refractivity contribution in [2.45, 2.75) is 101 Å². The van der Waals surface area contributed by atoms with Crippen LogP contribution >= 0.6 is 0 Å². The molecule has 1 aliphatic rings. The average Bonchev–Trinajstić information content (AvgIpc) is 3.04. The minimum atomic E-state index is -4.23. The van der Waals surface area contributed by atoms with Crippen LogP contribution in [0, 0.1) is 5.92 Å². The molecule has 248 valence electrons. The van der Waals surface area contributed by atoms with E-state index in [1.54, 1.807) is 18.2 Å². The molecule has 46 heavy (non-hydrogen) atoms. The number of amides is 1. The standard InChI is InChI=1S/C37H47NO7S/c1-7-17-31(42-25-29-18-11-8-12-19-29)24-33-28(6)34(44-35(43-33)30-20-13-9-14-21-30)36(45-37(39)38(26(2)3)27(4)5)46(40,41)32-22-15-10-16-23-32/h7-16,18-23,26-28,31,33-36H,1,17,24-25H2,2-6H3/t28-,31+,33-,34-,35-,36?/m0/s1. The van der Waals surface area contributed by atoms with Crippen LogP contribution in [0.4, 0.5) is 4.79 Å². The smallest absolute Gasteiger partial charge is 0.411 e. The molecule has 1 saturated heterocycles. The number of rotatable bonds is 14. The first kappa shape index (κ1) is 35.4. The maximum Gasteiger partial charge on any atom is 0.411 e. The molecule has 8 nitrogen and oxygen atoms in total. The molecule has 0 spiro atoms. The Labute approximate surface area is 274 Å². The van der Waals surface area contributed by atoms with Crippen molar-refractivity contribution in [2.75, 3.05) is 0 Å². The molecule has 0 aromatic heterocycles. The number of hydrogen-bond donors (Lipinski definition) is 0. The van der Waals surface area contributed by atoms with E-state index in [0.717, 1.165) is 11.1 Å². The van der Waals surface area contributed by atoms with E-state index in [9.17, 15) is 13.2 Å².